The van der Waals surface area contributed by atoms with Crippen LogP contribution in [0.5, 0.6) is 5.75 Å². The number of morpholine rings is 1. The van der Waals surface area contributed by atoms with Crippen molar-refractivity contribution in [2.24, 2.45) is 0 Å². The fourth-order valence-electron chi connectivity index (χ4n) is 6.17. The van der Waals surface area contributed by atoms with Gasteiger partial charge in [0.2, 0.25) is 11.9 Å². The summed E-state index contributed by atoms with van der Waals surface area (Å²) in [6, 6.07) is 6.85. The molecule has 2 saturated heterocycles. The van der Waals surface area contributed by atoms with Gasteiger partial charge in [-0.05, 0) is 70.1 Å². The van der Waals surface area contributed by atoms with E-state index in [1.165, 1.54) is 0 Å². The van der Waals surface area contributed by atoms with Gasteiger partial charge >= 0.3 is 5.97 Å². The first-order valence-corrected chi connectivity index (χ1v) is 15.9. The summed E-state index contributed by atoms with van der Waals surface area (Å²) in [7, 11) is 1.59. The first-order chi connectivity index (χ1) is 22.0. The summed E-state index contributed by atoms with van der Waals surface area (Å²) < 4.78 is 16.4. The molecule has 3 aromatic rings. The lowest BCUT2D eigenvalue weighted by Crippen LogP contribution is -2.54. The van der Waals surface area contributed by atoms with Gasteiger partial charge in [0.15, 0.2) is 5.11 Å². The Hall–Kier alpha value is -4.30. The Bertz CT molecular complexity index is 1580. The molecule has 244 valence electrons. The molecule has 2 fully saturated rings. The van der Waals surface area contributed by atoms with E-state index in [-0.39, 0.29) is 18.1 Å². The Morgan fingerprint density at radius 3 is 2.52 bits per heavy atom. The third-order valence-electron chi connectivity index (χ3n) is 8.78. The van der Waals surface area contributed by atoms with Gasteiger partial charge in [0.25, 0.3) is 0 Å². The number of carbonyl (C=O) groups is 1. The highest BCUT2D eigenvalue weighted by atomic mass is 32.1. The van der Waals surface area contributed by atoms with Crippen molar-refractivity contribution in [2.75, 3.05) is 75.2 Å². The topological polar surface area (TPSA) is 144 Å². The third kappa shape index (κ3) is 6.63. The normalized spacial score (nSPS) is 19.6. The van der Waals surface area contributed by atoms with Crippen molar-refractivity contribution in [3.05, 3.63) is 47.8 Å². The van der Waals surface area contributed by atoms with Crippen LogP contribution in [0.1, 0.15) is 43.1 Å². The number of nitrogens with one attached hydrogen (secondary N) is 1. The molecule has 0 radical (unpaired) electrons. The molecule has 3 aliphatic rings. The number of aromatic nitrogens is 4. The van der Waals surface area contributed by atoms with Gasteiger partial charge in [-0.2, -0.15) is 4.98 Å². The van der Waals surface area contributed by atoms with Crippen molar-refractivity contribution in [1.82, 2.24) is 30.2 Å². The number of carbonyl (C=O) groups excluding carboxylic acids is 1. The number of nitrogens with two attached hydrogens (primary N) is 1. The molecule has 3 aliphatic heterocycles. The lowest BCUT2D eigenvalue weighted by molar-refractivity contribution is 0.0415. The Balaban J connectivity index is 1.15. The predicted octanol–water partition coefficient (Wildman–Crippen LogP) is 2.70. The first-order valence-electron chi connectivity index (χ1n) is 15.5. The average molecular weight is 648 g/mol. The minimum Gasteiger partial charge on any atom is -0.497 e. The van der Waals surface area contributed by atoms with E-state index in [1.54, 1.807) is 43.8 Å². The highest BCUT2D eigenvalue weighted by Crippen LogP contribution is 2.41. The summed E-state index contributed by atoms with van der Waals surface area (Å²) >= 11 is 5.89. The van der Waals surface area contributed by atoms with Gasteiger partial charge in [-0.15, -0.1) is 0 Å². The number of nitrogens with zero attached hydrogens (tertiary/aromatic N) is 7. The van der Waals surface area contributed by atoms with Crippen LogP contribution in [0, 0.1) is 0 Å². The molecular weight excluding hydrogens is 606 g/mol. The van der Waals surface area contributed by atoms with Crippen molar-refractivity contribution in [2.45, 2.75) is 44.7 Å². The lowest BCUT2D eigenvalue weighted by Gasteiger charge is -2.38. The van der Waals surface area contributed by atoms with Gasteiger partial charge in [-0.1, -0.05) is 0 Å². The second-order valence-corrected chi connectivity index (χ2v) is 13.2. The van der Waals surface area contributed by atoms with Gasteiger partial charge < -0.3 is 40.0 Å². The molecule has 3 N–H and O–H groups in total. The van der Waals surface area contributed by atoms with Crippen LogP contribution < -0.4 is 25.6 Å². The van der Waals surface area contributed by atoms with E-state index in [4.69, 9.17) is 42.1 Å². The first kappa shape index (κ1) is 31.7. The zero-order valence-electron chi connectivity index (χ0n) is 26.8. The van der Waals surface area contributed by atoms with Gasteiger partial charge in [0.1, 0.15) is 18.2 Å². The van der Waals surface area contributed by atoms with Gasteiger partial charge in [-0.3, -0.25) is 0 Å². The summed E-state index contributed by atoms with van der Waals surface area (Å²) in [4.78, 5) is 38.1. The number of methoxy groups -OCH3 is 1. The van der Waals surface area contributed by atoms with Crippen molar-refractivity contribution in [1.29, 1.82) is 0 Å². The van der Waals surface area contributed by atoms with Crippen LogP contribution in [0.15, 0.2) is 36.7 Å². The molecule has 6 rings (SSSR count). The van der Waals surface area contributed by atoms with Crippen LogP contribution in [0.4, 0.5) is 17.7 Å². The van der Waals surface area contributed by atoms with Gasteiger partial charge in [0.05, 0.1) is 42.7 Å². The van der Waals surface area contributed by atoms with Gasteiger partial charge in [-0.25, -0.2) is 19.7 Å². The second kappa shape index (κ2) is 12.8. The number of nitrogen functional groups attached to an aromatic ring is 1. The van der Waals surface area contributed by atoms with Crippen LogP contribution in [0.25, 0.3) is 11.3 Å². The van der Waals surface area contributed by atoms with E-state index < -0.39 is 11.5 Å². The van der Waals surface area contributed by atoms with Crippen molar-refractivity contribution in [3.8, 4) is 17.0 Å². The Labute approximate surface area is 274 Å². The van der Waals surface area contributed by atoms with Crippen LogP contribution in [-0.4, -0.2) is 107 Å². The number of likely N-dealkylation sites (tertiary alicyclic amines) is 1. The van der Waals surface area contributed by atoms with E-state index >= 15 is 0 Å². The summed E-state index contributed by atoms with van der Waals surface area (Å²) in [5.41, 5.74) is 8.22. The van der Waals surface area contributed by atoms with Crippen molar-refractivity contribution < 1.29 is 19.0 Å². The number of benzene rings is 1. The monoisotopic (exact) mass is 647 g/mol. The molecule has 13 nitrogen and oxygen atoms in total. The van der Waals surface area contributed by atoms with E-state index in [2.05, 4.69) is 36.9 Å². The quantitative estimate of drug-likeness (QED) is 0.273. The molecule has 0 amide bonds. The molecular formula is C32H41N9O4S. The molecule has 1 atom stereocenters. The number of anilines is 3. The summed E-state index contributed by atoms with van der Waals surface area (Å²) in [5.74, 6) is 2.14. The molecule has 0 saturated carbocycles. The molecule has 1 aromatic carbocycles. The van der Waals surface area contributed by atoms with E-state index in [0.717, 1.165) is 68.2 Å². The zero-order chi connectivity index (χ0) is 32.5. The maximum atomic E-state index is 12.6. The Kier molecular flexibility index (Phi) is 8.84. The Morgan fingerprint density at radius 2 is 1.83 bits per heavy atom. The predicted molar refractivity (Wildman–Crippen MR) is 179 cm³/mol. The van der Waals surface area contributed by atoms with Crippen LogP contribution in [0.2, 0.25) is 0 Å². The largest absolute Gasteiger partial charge is 0.497 e. The minimum absolute atomic E-state index is 0.154. The number of thiocarbonyl (C=S) groups is 1. The summed E-state index contributed by atoms with van der Waals surface area (Å²) in [6.45, 7) is 11.4. The zero-order valence-corrected chi connectivity index (χ0v) is 27.6. The second-order valence-electron chi connectivity index (χ2n) is 12.8. The number of rotatable bonds is 8. The molecule has 0 spiro atoms. The summed E-state index contributed by atoms with van der Waals surface area (Å²) in [5, 5.41) is 4.06. The van der Waals surface area contributed by atoms with Crippen molar-refractivity contribution >= 4 is 41.0 Å². The number of ether oxygens (including phenoxy) is 3. The molecule has 14 heteroatoms. The van der Waals surface area contributed by atoms with Crippen molar-refractivity contribution in [3.63, 3.8) is 0 Å². The number of esters is 1. The standard InChI is InChI=1S/C32H41N9O4S/c1-31(2,20-45-27(42)21-5-7-23(43-4)8-6-21)38-30(46)40-12-10-32(3,19-40)41-11-9-24-25(22-17-34-28(33)35-18-22)36-29(37-26(24)41)39-13-15-44-16-14-39/h5-8,17-18H,9-16,19-20H2,1-4H3,(H,38,46)(H2,33,34,35). The fourth-order valence-corrected chi connectivity index (χ4v) is 6.60. The van der Waals surface area contributed by atoms with Gasteiger partial charge in [0, 0.05) is 56.2 Å². The smallest absolute Gasteiger partial charge is 0.338 e. The molecule has 1 unspecified atom stereocenters. The fraction of sp³-hybridized carbons (Fsp3) is 0.500. The summed E-state index contributed by atoms with van der Waals surface area (Å²) in [6.07, 6.45) is 5.17. The van der Waals surface area contributed by atoms with Crippen LogP contribution >= 0.6 is 12.2 Å². The van der Waals surface area contributed by atoms with E-state index in [1.807, 2.05) is 13.8 Å². The maximum absolute atomic E-state index is 12.6. The van der Waals surface area contributed by atoms with Crippen LogP contribution in [-0.2, 0) is 15.9 Å². The SMILES string of the molecule is COc1ccc(C(=O)OCC(C)(C)NC(=S)N2CCC(C)(N3CCc4c(-c5cnc(N)nc5)nc(N5CCOCC5)nc43)C2)cc1. The highest BCUT2D eigenvalue weighted by molar-refractivity contribution is 7.80. The molecule has 2 aromatic heterocycles. The third-order valence-corrected chi connectivity index (χ3v) is 9.14. The number of hydrogen-bond acceptors (Lipinski definition) is 12. The highest BCUT2D eigenvalue weighted by Gasteiger charge is 2.44. The molecule has 0 aliphatic carbocycles. The Morgan fingerprint density at radius 1 is 1.11 bits per heavy atom. The van der Waals surface area contributed by atoms with E-state index in [9.17, 15) is 4.79 Å². The maximum Gasteiger partial charge on any atom is 0.338 e. The van der Waals surface area contributed by atoms with E-state index in [0.29, 0.717) is 35.6 Å². The number of hydrogen-bond donors (Lipinski definition) is 2. The molecule has 46 heavy (non-hydrogen) atoms. The average Bonchev–Trinajstić information content (AvgIpc) is 3.69. The molecule has 5 heterocycles. The number of fused-ring (bicyclic) bond motifs is 1. The minimum atomic E-state index is -0.575. The molecule has 0 bridgehead atoms. The lowest BCUT2D eigenvalue weighted by atomic mass is 9.99. The van der Waals surface area contributed by atoms with Crippen LogP contribution in [0.3, 0.4) is 0 Å².